The quantitative estimate of drug-likeness (QED) is 0.545. The van der Waals surface area contributed by atoms with Crippen molar-refractivity contribution < 1.29 is 14.3 Å². The first-order valence-corrected chi connectivity index (χ1v) is 11.2. The van der Waals surface area contributed by atoms with Crippen molar-refractivity contribution in [1.29, 1.82) is 0 Å². The molecule has 0 radical (unpaired) electrons. The van der Waals surface area contributed by atoms with Crippen molar-refractivity contribution in [1.82, 2.24) is 20.2 Å². The molecule has 1 aliphatic rings. The second kappa shape index (κ2) is 9.48. The third-order valence-electron chi connectivity index (χ3n) is 5.68. The highest BCUT2D eigenvalue weighted by Crippen LogP contribution is 2.26. The van der Waals surface area contributed by atoms with Gasteiger partial charge in [-0.05, 0) is 56.2 Å². The van der Waals surface area contributed by atoms with Gasteiger partial charge in [-0.2, -0.15) is 0 Å². The summed E-state index contributed by atoms with van der Waals surface area (Å²) >= 11 is 12.4. The molecule has 2 amide bonds. The van der Waals surface area contributed by atoms with Gasteiger partial charge in [0, 0.05) is 24.2 Å². The zero-order valence-electron chi connectivity index (χ0n) is 17.8. The summed E-state index contributed by atoms with van der Waals surface area (Å²) in [6, 6.07) is 9.81. The number of hydrogen-bond donors (Lipinski definition) is 2. The summed E-state index contributed by atoms with van der Waals surface area (Å²) in [6.45, 7) is 3.00. The van der Waals surface area contributed by atoms with Crippen LogP contribution in [0.15, 0.2) is 36.4 Å². The molecule has 0 saturated carbocycles. The molecule has 9 heteroatoms. The van der Waals surface area contributed by atoms with Crippen molar-refractivity contribution in [2.75, 3.05) is 20.3 Å². The van der Waals surface area contributed by atoms with Crippen LogP contribution in [0, 0.1) is 0 Å². The van der Waals surface area contributed by atoms with E-state index in [0.717, 1.165) is 23.9 Å². The second-order valence-electron chi connectivity index (χ2n) is 7.92. The van der Waals surface area contributed by atoms with Gasteiger partial charge in [0.2, 0.25) is 0 Å². The number of benzene rings is 2. The predicted octanol–water partition coefficient (Wildman–Crippen LogP) is 4.61. The zero-order chi connectivity index (χ0) is 22.8. The van der Waals surface area contributed by atoms with Gasteiger partial charge in [0.25, 0.3) is 11.8 Å². The van der Waals surface area contributed by atoms with Gasteiger partial charge in [-0.25, -0.2) is 4.98 Å². The van der Waals surface area contributed by atoms with E-state index in [1.807, 2.05) is 13.0 Å². The number of nitrogens with zero attached hydrogens (tertiary/aromatic N) is 2. The second-order valence-corrected chi connectivity index (χ2v) is 8.77. The molecule has 1 fully saturated rings. The van der Waals surface area contributed by atoms with Crippen molar-refractivity contribution in [3.63, 3.8) is 0 Å². The zero-order valence-corrected chi connectivity index (χ0v) is 19.3. The number of H-pyrrole nitrogens is 1. The minimum absolute atomic E-state index is 0.0473. The summed E-state index contributed by atoms with van der Waals surface area (Å²) in [6.07, 6.45) is 1.84. The number of hydrogen-bond acceptors (Lipinski definition) is 4. The van der Waals surface area contributed by atoms with Crippen LogP contribution in [-0.4, -0.2) is 53.0 Å². The summed E-state index contributed by atoms with van der Waals surface area (Å²) in [5, 5.41) is 3.75. The molecule has 1 saturated heterocycles. The molecule has 7 nitrogen and oxygen atoms in total. The van der Waals surface area contributed by atoms with Crippen molar-refractivity contribution in [2.24, 2.45) is 0 Å². The highest BCUT2D eigenvalue weighted by Gasteiger charge is 2.30. The smallest absolute Gasteiger partial charge is 0.255 e. The number of aromatic amines is 1. The average molecular weight is 475 g/mol. The molecule has 1 aromatic heterocycles. The van der Waals surface area contributed by atoms with E-state index in [2.05, 4.69) is 15.3 Å². The molecule has 4 rings (SSSR count). The van der Waals surface area contributed by atoms with E-state index in [1.54, 1.807) is 36.3 Å². The fourth-order valence-electron chi connectivity index (χ4n) is 4.01. The number of carbonyl (C=O) groups is 2. The summed E-state index contributed by atoms with van der Waals surface area (Å²) in [5.41, 5.74) is 2.32. The Balaban J connectivity index is 1.47. The SMILES string of the molecule is COC[C@@H]1CCCN1C(=O)c1ccc(C(=O)NC(C)c2nc3cc(Cl)ccc3[nH]2)cc1Cl. The first kappa shape index (κ1) is 22.6. The van der Waals surface area contributed by atoms with Crippen LogP contribution < -0.4 is 5.32 Å². The monoisotopic (exact) mass is 474 g/mol. The molecule has 2 aromatic carbocycles. The molecule has 2 atom stereocenters. The van der Waals surface area contributed by atoms with Crippen LogP contribution in [0.5, 0.6) is 0 Å². The number of halogens is 2. The molecule has 1 aliphatic heterocycles. The number of amides is 2. The van der Waals surface area contributed by atoms with Gasteiger partial charge in [-0.1, -0.05) is 23.2 Å². The highest BCUT2D eigenvalue weighted by molar-refractivity contribution is 6.34. The van der Waals surface area contributed by atoms with Gasteiger partial charge in [0.1, 0.15) is 5.82 Å². The van der Waals surface area contributed by atoms with Crippen molar-refractivity contribution in [3.8, 4) is 0 Å². The van der Waals surface area contributed by atoms with Gasteiger partial charge >= 0.3 is 0 Å². The van der Waals surface area contributed by atoms with Gasteiger partial charge < -0.3 is 19.9 Å². The van der Waals surface area contributed by atoms with E-state index in [0.29, 0.717) is 35.1 Å². The Kier molecular flexibility index (Phi) is 6.69. The third kappa shape index (κ3) is 4.60. The van der Waals surface area contributed by atoms with Gasteiger partial charge in [-0.3, -0.25) is 9.59 Å². The summed E-state index contributed by atoms with van der Waals surface area (Å²) in [7, 11) is 1.63. The molecule has 32 heavy (non-hydrogen) atoms. The van der Waals surface area contributed by atoms with Crippen molar-refractivity contribution in [2.45, 2.75) is 31.8 Å². The number of likely N-dealkylation sites (tertiary alicyclic amines) is 1. The molecular weight excluding hydrogens is 451 g/mol. The largest absolute Gasteiger partial charge is 0.383 e. The van der Waals surface area contributed by atoms with E-state index in [-0.39, 0.29) is 28.9 Å². The molecule has 2 heterocycles. The maximum absolute atomic E-state index is 13.0. The number of aromatic nitrogens is 2. The predicted molar refractivity (Wildman–Crippen MR) is 124 cm³/mol. The molecule has 0 aliphatic carbocycles. The minimum Gasteiger partial charge on any atom is -0.383 e. The molecule has 3 aromatic rings. The number of ether oxygens (including phenoxy) is 1. The lowest BCUT2D eigenvalue weighted by Crippen LogP contribution is -2.38. The first-order valence-electron chi connectivity index (χ1n) is 10.4. The van der Waals surface area contributed by atoms with Crippen LogP contribution in [0.1, 0.15) is 52.3 Å². The third-order valence-corrected chi connectivity index (χ3v) is 6.23. The number of imidazole rings is 1. The van der Waals surface area contributed by atoms with Gasteiger partial charge in [0.05, 0.1) is 40.3 Å². The Labute approximate surface area is 196 Å². The maximum Gasteiger partial charge on any atom is 0.255 e. The fourth-order valence-corrected chi connectivity index (χ4v) is 4.43. The Bertz CT molecular complexity index is 1160. The highest BCUT2D eigenvalue weighted by atomic mass is 35.5. The van der Waals surface area contributed by atoms with E-state index in [1.165, 1.54) is 6.07 Å². The molecule has 1 unspecified atom stereocenters. The van der Waals surface area contributed by atoms with Gasteiger partial charge in [-0.15, -0.1) is 0 Å². The van der Waals surface area contributed by atoms with E-state index in [9.17, 15) is 9.59 Å². The van der Waals surface area contributed by atoms with Crippen LogP contribution in [0.4, 0.5) is 0 Å². The Morgan fingerprint density at radius 1 is 1.28 bits per heavy atom. The molecular formula is C23H24Cl2N4O3. The van der Waals surface area contributed by atoms with Crippen LogP contribution in [0.2, 0.25) is 10.0 Å². The summed E-state index contributed by atoms with van der Waals surface area (Å²) < 4.78 is 5.23. The average Bonchev–Trinajstić information content (AvgIpc) is 3.40. The lowest BCUT2D eigenvalue weighted by molar-refractivity contribution is 0.0630. The van der Waals surface area contributed by atoms with Gasteiger partial charge in [0.15, 0.2) is 0 Å². The summed E-state index contributed by atoms with van der Waals surface area (Å²) in [4.78, 5) is 35.2. The maximum atomic E-state index is 13.0. The number of nitrogens with one attached hydrogen (secondary N) is 2. The number of fused-ring (bicyclic) bond motifs is 1. The molecule has 0 bridgehead atoms. The Morgan fingerprint density at radius 3 is 2.84 bits per heavy atom. The fraction of sp³-hybridized carbons (Fsp3) is 0.348. The minimum atomic E-state index is -0.367. The van der Waals surface area contributed by atoms with E-state index < -0.39 is 0 Å². The normalized spacial score (nSPS) is 17.0. The van der Waals surface area contributed by atoms with Crippen molar-refractivity contribution in [3.05, 3.63) is 63.4 Å². The van der Waals surface area contributed by atoms with Crippen LogP contribution in [0.25, 0.3) is 11.0 Å². The summed E-state index contributed by atoms with van der Waals surface area (Å²) in [5.74, 6) is 0.165. The van der Waals surface area contributed by atoms with Crippen LogP contribution >= 0.6 is 23.2 Å². The number of rotatable bonds is 6. The molecule has 0 spiro atoms. The molecule has 168 valence electrons. The topological polar surface area (TPSA) is 87.3 Å². The lowest BCUT2D eigenvalue weighted by Gasteiger charge is -2.24. The van der Waals surface area contributed by atoms with E-state index in [4.69, 9.17) is 27.9 Å². The van der Waals surface area contributed by atoms with Crippen molar-refractivity contribution >= 4 is 46.0 Å². The molecule has 2 N–H and O–H groups in total. The van der Waals surface area contributed by atoms with Crippen LogP contribution in [0.3, 0.4) is 0 Å². The Hall–Kier alpha value is -2.61. The first-order chi connectivity index (χ1) is 15.4. The standard InChI is InChI=1S/C23H24Cl2N4O3/c1-13(21-27-19-8-6-15(24)11-20(19)28-21)26-22(30)14-5-7-17(18(25)10-14)23(31)29-9-3-4-16(29)12-32-2/h5-8,10-11,13,16H,3-4,9,12H2,1-2H3,(H,26,30)(H,27,28)/t13?,16-/m0/s1. The number of methoxy groups -OCH3 is 1. The number of carbonyl (C=O) groups excluding carboxylic acids is 2. The Morgan fingerprint density at radius 2 is 2.09 bits per heavy atom. The lowest BCUT2D eigenvalue weighted by atomic mass is 10.1. The van der Waals surface area contributed by atoms with E-state index >= 15 is 0 Å². The van der Waals surface area contributed by atoms with Crippen LogP contribution in [-0.2, 0) is 4.74 Å².